The molecule has 1 aliphatic heterocycles. The predicted molar refractivity (Wildman–Crippen MR) is 52.8 cm³/mol. The van der Waals surface area contributed by atoms with Gasteiger partial charge in [-0.15, -0.1) is 0 Å². The Labute approximate surface area is 91.6 Å². The number of amides is 1. The fraction of sp³-hybridized carbons (Fsp3) is 0.364. The molecule has 0 saturated carbocycles. The number of carbonyl (C=O) groups is 1. The van der Waals surface area contributed by atoms with E-state index in [0.717, 1.165) is 18.6 Å². The van der Waals surface area contributed by atoms with E-state index in [9.17, 15) is 13.6 Å². The van der Waals surface area contributed by atoms with Crippen LogP contribution in [0.5, 0.6) is 5.75 Å². The van der Waals surface area contributed by atoms with Crippen molar-refractivity contribution in [3.63, 3.8) is 0 Å². The van der Waals surface area contributed by atoms with Gasteiger partial charge in [0.2, 0.25) is 5.91 Å². The van der Waals surface area contributed by atoms with Gasteiger partial charge in [-0.05, 0) is 18.6 Å². The molecule has 2 rings (SSSR count). The number of hydrogen-bond acceptors (Lipinski definition) is 2. The van der Waals surface area contributed by atoms with Gasteiger partial charge in [-0.1, -0.05) is 0 Å². The first-order valence-corrected chi connectivity index (χ1v) is 5.02. The first-order valence-electron chi connectivity index (χ1n) is 5.02. The third kappa shape index (κ3) is 2.29. The number of likely N-dealkylation sites (tertiary alicyclic amines) is 1. The molecule has 16 heavy (non-hydrogen) atoms. The van der Waals surface area contributed by atoms with Crippen LogP contribution in [0.1, 0.15) is 12.8 Å². The Kier molecular flexibility index (Phi) is 3.03. The summed E-state index contributed by atoms with van der Waals surface area (Å²) in [4.78, 5) is 12.8. The highest BCUT2D eigenvalue weighted by Crippen LogP contribution is 2.17. The Morgan fingerprint density at radius 2 is 2.12 bits per heavy atom. The summed E-state index contributed by atoms with van der Waals surface area (Å²) >= 11 is 0. The minimum absolute atomic E-state index is 0.0302. The molecule has 0 aromatic heterocycles. The van der Waals surface area contributed by atoms with Gasteiger partial charge in [-0.25, -0.2) is 8.78 Å². The van der Waals surface area contributed by atoms with Gasteiger partial charge in [0.1, 0.15) is 5.75 Å². The summed E-state index contributed by atoms with van der Waals surface area (Å²) in [6.07, 6.45) is 1.35. The fourth-order valence-corrected chi connectivity index (χ4v) is 1.56. The number of halogens is 2. The van der Waals surface area contributed by atoms with Gasteiger partial charge in [0.05, 0.1) is 0 Å². The zero-order valence-corrected chi connectivity index (χ0v) is 8.58. The van der Waals surface area contributed by atoms with Gasteiger partial charge < -0.3 is 9.64 Å². The summed E-state index contributed by atoms with van der Waals surface area (Å²) < 4.78 is 30.6. The molecular weight excluding hydrogens is 216 g/mol. The molecule has 1 aromatic carbocycles. The molecule has 1 fully saturated rings. The third-order valence-electron chi connectivity index (χ3n) is 2.45. The van der Waals surface area contributed by atoms with Gasteiger partial charge >= 0.3 is 0 Å². The maximum absolute atomic E-state index is 12.8. The molecule has 1 aliphatic rings. The van der Waals surface area contributed by atoms with E-state index in [0.29, 0.717) is 13.0 Å². The lowest BCUT2D eigenvalue weighted by Crippen LogP contribution is -2.28. The normalized spacial score (nSPS) is 15.6. The van der Waals surface area contributed by atoms with Gasteiger partial charge in [-0.3, -0.25) is 4.79 Å². The molecule has 0 radical (unpaired) electrons. The van der Waals surface area contributed by atoms with Crippen LogP contribution in [0.4, 0.5) is 8.78 Å². The highest BCUT2D eigenvalue weighted by Gasteiger charge is 2.20. The molecule has 3 nitrogen and oxygen atoms in total. The Hall–Kier alpha value is -1.65. The van der Waals surface area contributed by atoms with Crippen molar-refractivity contribution in [3.05, 3.63) is 29.8 Å². The molecule has 86 valence electrons. The van der Waals surface area contributed by atoms with Crippen molar-refractivity contribution in [2.75, 3.05) is 13.3 Å². The molecule has 0 bridgehead atoms. The summed E-state index contributed by atoms with van der Waals surface area (Å²) in [7, 11) is 0. The van der Waals surface area contributed by atoms with Gasteiger partial charge in [-0.2, -0.15) is 0 Å². The number of hydrogen-bond donors (Lipinski definition) is 0. The predicted octanol–water partition coefficient (Wildman–Crippen LogP) is 1.92. The number of benzene rings is 1. The molecule has 0 aliphatic carbocycles. The van der Waals surface area contributed by atoms with E-state index in [2.05, 4.69) is 0 Å². The van der Waals surface area contributed by atoms with Crippen LogP contribution < -0.4 is 4.74 Å². The Morgan fingerprint density at radius 3 is 2.75 bits per heavy atom. The van der Waals surface area contributed by atoms with Gasteiger partial charge in [0.25, 0.3) is 0 Å². The summed E-state index contributed by atoms with van der Waals surface area (Å²) in [6.45, 7) is 0.742. The minimum Gasteiger partial charge on any atom is -0.473 e. The fourth-order valence-electron chi connectivity index (χ4n) is 1.56. The van der Waals surface area contributed by atoms with Crippen LogP contribution in [-0.4, -0.2) is 24.1 Å². The topological polar surface area (TPSA) is 29.5 Å². The van der Waals surface area contributed by atoms with E-state index >= 15 is 0 Å². The largest absolute Gasteiger partial charge is 0.473 e. The second-order valence-corrected chi connectivity index (χ2v) is 3.61. The highest BCUT2D eigenvalue weighted by molar-refractivity contribution is 5.77. The average molecular weight is 227 g/mol. The summed E-state index contributed by atoms with van der Waals surface area (Å²) in [5, 5.41) is 0. The van der Waals surface area contributed by atoms with Crippen molar-refractivity contribution < 1.29 is 18.3 Å². The van der Waals surface area contributed by atoms with Crippen LogP contribution in [0.25, 0.3) is 0 Å². The Morgan fingerprint density at radius 1 is 1.31 bits per heavy atom. The molecule has 0 N–H and O–H groups in total. The zero-order valence-electron chi connectivity index (χ0n) is 8.58. The molecule has 1 amide bonds. The molecule has 5 heteroatoms. The maximum Gasteiger partial charge on any atom is 0.225 e. The summed E-state index contributed by atoms with van der Waals surface area (Å²) in [5.41, 5.74) is 0. The zero-order chi connectivity index (χ0) is 11.5. The Balaban J connectivity index is 1.94. The van der Waals surface area contributed by atoms with Crippen LogP contribution in [-0.2, 0) is 4.79 Å². The maximum atomic E-state index is 12.8. The molecule has 1 aromatic rings. The first-order chi connectivity index (χ1) is 7.66. The standard InChI is InChI=1S/C11H11F2NO2/c12-9-4-3-8(6-10(9)13)16-7-14-5-1-2-11(14)15/h3-4,6H,1-2,5,7H2. The van der Waals surface area contributed by atoms with E-state index in [4.69, 9.17) is 4.74 Å². The van der Waals surface area contributed by atoms with E-state index in [1.807, 2.05) is 0 Å². The number of ether oxygens (including phenoxy) is 1. The lowest BCUT2D eigenvalue weighted by molar-refractivity contribution is -0.130. The second kappa shape index (κ2) is 4.47. The van der Waals surface area contributed by atoms with E-state index in [1.54, 1.807) is 4.90 Å². The van der Waals surface area contributed by atoms with Crippen molar-refractivity contribution in [2.24, 2.45) is 0 Å². The quantitative estimate of drug-likeness (QED) is 0.789. The van der Waals surface area contributed by atoms with Crippen LogP contribution in [0, 0.1) is 11.6 Å². The van der Waals surface area contributed by atoms with Crippen molar-refractivity contribution in [3.8, 4) is 5.75 Å². The lowest BCUT2D eigenvalue weighted by Gasteiger charge is -2.16. The monoisotopic (exact) mass is 227 g/mol. The van der Waals surface area contributed by atoms with Crippen molar-refractivity contribution in [1.82, 2.24) is 4.90 Å². The van der Waals surface area contributed by atoms with Crippen molar-refractivity contribution >= 4 is 5.91 Å². The number of rotatable bonds is 3. The van der Waals surface area contributed by atoms with E-state index in [-0.39, 0.29) is 18.4 Å². The molecule has 0 unspecified atom stereocenters. The van der Waals surface area contributed by atoms with Gasteiger partial charge in [0, 0.05) is 19.0 Å². The van der Waals surface area contributed by atoms with Gasteiger partial charge in [0.15, 0.2) is 18.4 Å². The van der Waals surface area contributed by atoms with E-state index in [1.165, 1.54) is 6.07 Å². The average Bonchev–Trinajstić information content (AvgIpc) is 2.66. The molecule has 1 heterocycles. The number of nitrogens with zero attached hydrogens (tertiary/aromatic N) is 1. The first kappa shape index (κ1) is 10.9. The highest BCUT2D eigenvalue weighted by atomic mass is 19.2. The van der Waals surface area contributed by atoms with Crippen molar-refractivity contribution in [1.29, 1.82) is 0 Å². The SMILES string of the molecule is O=C1CCCN1COc1ccc(F)c(F)c1. The lowest BCUT2D eigenvalue weighted by atomic mass is 10.3. The van der Waals surface area contributed by atoms with Crippen LogP contribution in [0.2, 0.25) is 0 Å². The molecular formula is C11H11F2NO2. The van der Waals surface area contributed by atoms with Crippen LogP contribution in [0.3, 0.4) is 0 Å². The third-order valence-corrected chi connectivity index (χ3v) is 2.45. The smallest absolute Gasteiger partial charge is 0.225 e. The number of carbonyl (C=O) groups excluding carboxylic acids is 1. The second-order valence-electron chi connectivity index (χ2n) is 3.61. The minimum atomic E-state index is -0.953. The molecule has 1 saturated heterocycles. The van der Waals surface area contributed by atoms with Crippen LogP contribution >= 0.6 is 0 Å². The van der Waals surface area contributed by atoms with Crippen LogP contribution in [0.15, 0.2) is 18.2 Å². The molecule has 0 atom stereocenters. The molecule has 0 spiro atoms. The van der Waals surface area contributed by atoms with Crippen molar-refractivity contribution in [2.45, 2.75) is 12.8 Å². The summed E-state index contributed by atoms with van der Waals surface area (Å²) in [5.74, 6) is -1.61. The van der Waals surface area contributed by atoms with E-state index < -0.39 is 11.6 Å². The Bertz CT molecular complexity index is 409. The summed E-state index contributed by atoms with van der Waals surface area (Å²) in [6, 6.07) is 3.30.